The molecule has 0 bridgehead atoms. The summed E-state index contributed by atoms with van der Waals surface area (Å²) in [6.07, 6.45) is 2.37. The molecular formula is C11H23NO2S. The number of hydrogen-bond acceptors (Lipinski definition) is 3. The van der Waals surface area contributed by atoms with E-state index >= 15 is 0 Å². The highest BCUT2D eigenvalue weighted by Crippen LogP contribution is 2.30. The van der Waals surface area contributed by atoms with Gasteiger partial charge in [0.2, 0.25) is 0 Å². The van der Waals surface area contributed by atoms with Crippen LogP contribution in [0.5, 0.6) is 0 Å². The Bertz CT molecular complexity index is 298. The minimum Gasteiger partial charge on any atom is -0.327 e. The Morgan fingerprint density at radius 2 is 1.93 bits per heavy atom. The second-order valence-electron chi connectivity index (χ2n) is 5.19. The van der Waals surface area contributed by atoms with E-state index in [1.165, 1.54) is 0 Å². The van der Waals surface area contributed by atoms with Gasteiger partial charge in [0, 0.05) is 6.04 Å². The molecule has 0 radical (unpaired) electrons. The predicted molar refractivity (Wildman–Crippen MR) is 63.4 cm³/mol. The first-order valence-corrected chi connectivity index (χ1v) is 7.53. The minimum absolute atomic E-state index is 0.0730. The van der Waals surface area contributed by atoms with Crippen LogP contribution < -0.4 is 5.73 Å². The lowest BCUT2D eigenvalue weighted by atomic mass is 10.1. The molecule has 3 nitrogen and oxygen atoms in total. The van der Waals surface area contributed by atoms with Crippen molar-refractivity contribution in [2.45, 2.75) is 51.3 Å². The Morgan fingerprint density at radius 3 is 2.33 bits per heavy atom. The number of nitrogens with two attached hydrogens (primary N) is 1. The number of rotatable bonds is 4. The zero-order valence-electron chi connectivity index (χ0n) is 9.94. The number of sulfone groups is 1. The lowest BCUT2D eigenvalue weighted by molar-refractivity contribution is 0.502. The molecule has 0 aromatic carbocycles. The summed E-state index contributed by atoms with van der Waals surface area (Å²) in [6.45, 7) is 6.08. The fourth-order valence-corrected chi connectivity index (χ4v) is 4.67. The standard InChI is InChI=1S/C11H23NO2S/c1-8(2)6-7-15(13,14)11-5-4-10(12)9(11)3/h8-11H,4-7,12H2,1-3H3. The van der Waals surface area contributed by atoms with Crippen molar-refractivity contribution in [1.29, 1.82) is 0 Å². The van der Waals surface area contributed by atoms with Gasteiger partial charge in [0.15, 0.2) is 9.84 Å². The number of hydrogen-bond donors (Lipinski definition) is 1. The van der Waals surface area contributed by atoms with Gasteiger partial charge >= 0.3 is 0 Å². The second-order valence-corrected chi connectivity index (χ2v) is 7.53. The summed E-state index contributed by atoms with van der Waals surface area (Å²) in [4.78, 5) is 0. The molecule has 0 heterocycles. The van der Waals surface area contributed by atoms with E-state index in [1.807, 2.05) is 6.92 Å². The van der Waals surface area contributed by atoms with Gasteiger partial charge in [-0.15, -0.1) is 0 Å². The molecule has 1 aliphatic carbocycles. The first-order valence-electron chi connectivity index (χ1n) is 5.81. The van der Waals surface area contributed by atoms with Crippen LogP contribution in [-0.4, -0.2) is 25.5 Å². The van der Waals surface area contributed by atoms with Crippen molar-refractivity contribution in [2.75, 3.05) is 5.75 Å². The zero-order valence-corrected chi connectivity index (χ0v) is 10.8. The van der Waals surface area contributed by atoms with Crippen LogP contribution >= 0.6 is 0 Å². The van der Waals surface area contributed by atoms with Gasteiger partial charge in [-0.1, -0.05) is 20.8 Å². The molecule has 0 spiro atoms. The summed E-state index contributed by atoms with van der Waals surface area (Å²) >= 11 is 0. The van der Waals surface area contributed by atoms with Crippen molar-refractivity contribution in [2.24, 2.45) is 17.6 Å². The van der Waals surface area contributed by atoms with Crippen LogP contribution in [0.15, 0.2) is 0 Å². The zero-order chi connectivity index (χ0) is 11.6. The van der Waals surface area contributed by atoms with Gasteiger partial charge in [-0.05, 0) is 31.1 Å². The summed E-state index contributed by atoms with van der Waals surface area (Å²) in [5.74, 6) is 0.902. The highest BCUT2D eigenvalue weighted by Gasteiger charge is 2.38. The van der Waals surface area contributed by atoms with Crippen molar-refractivity contribution in [1.82, 2.24) is 0 Å². The van der Waals surface area contributed by atoms with Crippen molar-refractivity contribution in [3.63, 3.8) is 0 Å². The largest absolute Gasteiger partial charge is 0.327 e. The quantitative estimate of drug-likeness (QED) is 0.802. The predicted octanol–water partition coefficient (Wildman–Crippen LogP) is 1.57. The van der Waals surface area contributed by atoms with Gasteiger partial charge in [0.1, 0.15) is 0 Å². The van der Waals surface area contributed by atoms with Crippen LogP contribution in [0, 0.1) is 11.8 Å². The fraction of sp³-hybridized carbons (Fsp3) is 1.00. The summed E-state index contributed by atoms with van der Waals surface area (Å²) in [6, 6.07) is 0.0730. The summed E-state index contributed by atoms with van der Waals surface area (Å²) in [7, 11) is -2.92. The summed E-state index contributed by atoms with van der Waals surface area (Å²) < 4.78 is 24.1. The molecule has 0 aliphatic heterocycles. The van der Waals surface area contributed by atoms with Crippen LogP contribution in [0.25, 0.3) is 0 Å². The molecule has 0 aromatic rings. The molecule has 90 valence electrons. The van der Waals surface area contributed by atoms with E-state index in [4.69, 9.17) is 5.73 Å². The highest BCUT2D eigenvalue weighted by atomic mass is 32.2. The van der Waals surface area contributed by atoms with Crippen LogP contribution in [0.2, 0.25) is 0 Å². The third-order valence-corrected chi connectivity index (χ3v) is 5.88. The molecular weight excluding hydrogens is 210 g/mol. The van der Waals surface area contributed by atoms with Crippen molar-refractivity contribution in [3.05, 3.63) is 0 Å². The van der Waals surface area contributed by atoms with Crippen LogP contribution in [0.3, 0.4) is 0 Å². The maximum absolute atomic E-state index is 12.0. The lowest BCUT2D eigenvalue weighted by Gasteiger charge is -2.19. The Labute approximate surface area is 93.3 Å². The van der Waals surface area contributed by atoms with Gasteiger partial charge in [-0.3, -0.25) is 0 Å². The van der Waals surface area contributed by atoms with E-state index in [9.17, 15) is 8.42 Å². The maximum Gasteiger partial charge on any atom is 0.153 e. The minimum atomic E-state index is -2.92. The molecule has 1 aliphatic rings. The Hall–Kier alpha value is -0.0900. The molecule has 0 aromatic heterocycles. The van der Waals surface area contributed by atoms with Gasteiger partial charge < -0.3 is 5.73 Å². The Balaban J connectivity index is 2.62. The monoisotopic (exact) mass is 233 g/mol. The first kappa shape index (κ1) is 13.0. The molecule has 2 N–H and O–H groups in total. The summed E-state index contributed by atoms with van der Waals surface area (Å²) in [5.41, 5.74) is 5.86. The Kier molecular flexibility index (Phi) is 4.18. The van der Waals surface area contributed by atoms with Crippen LogP contribution in [0.1, 0.15) is 40.0 Å². The van der Waals surface area contributed by atoms with Crippen LogP contribution in [0.4, 0.5) is 0 Å². The molecule has 3 unspecified atom stereocenters. The Morgan fingerprint density at radius 1 is 1.33 bits per heavy atom. The fourth-order valence-electron chi connectivity index (χ4n) is 2.22. The van der Waals surface area contributed by atoms with Crippen molar-refractivity contribution < 1.29 is 8.42 Å². The first-order chi connectivity index (χ1) is 6.84. The third kappa shape index (κ3) is 3.18. The third-order valence-electron chi connectivity index (χ3n) is 3.49. The molecule has 4 heteroatoms. The SMILES string of the molecule is CC(C)CCS(=O)(=O)C1CCC(N)C1C. The summed E-state index contributed by atoms with van der Waals surface area (Å²) in [5, 5.41) is -0.189. The molecule has 1 saturated carbocycles. The maximum atomic E-state index is 12.0. The molecule has 0 saturated heterocycles. The van der Waals surface area contributed by atoms with E-state index < -0.39 is 9.84 Å². The van der Waals surface area contributed by atoms with E-state index in [0.717, 1.165) is 19.3 Å². The van der Waals surface area contributed by atoms with E-state index in [-0.39, 0.29) is 17.2 Å². The van der Waals surface area contributed by atoms with Gasteiger partial charge in [-0.25, -0.2) is 8.42 Å². The molecule has 0 amide bonds. The average Bonchev–Trinajstić information content (AvgIpc) is 2.45. The van der Waals surface area contributed by atoms with Gasteiger partial charge in [0.05, 0.1) is 11.0 Å². The van der Waals surface area contributed by atoms with E-state index in [1.54, 1.807) is 0 Å². The second kappa shape index (κ2) is 4.83. The van der Waals surface area contributed by atoms with E-state index in [2.05, 4.69) is 13.8 Å². The highest BCUT2D eigenvalue weighted by molar-refractivity contribution is 7.92. The topological polar surface area (TPSA) is 60.2 Å². The molecule has 3 atom stereocenters. The lowest BCUT2D eigenvalue weighted by Crippen LogP contribution is -2.33. The molecule has 1 fully saturated rings. The average molecular weight is 233 g/mol. The molecule has 15 heavy (non-hydrogen) atoms. The van der Waals surface area contributed by atoms with E-state index in [0.29, 0.717) is 11.7 Å². The van der Waals surface area contributed by atoms with Crippen molar-refractivity contribution in [3.8, 4) is 0 Å². The normalized spacial score (nSPS) is 32.5. The van der Waals surface area contributed by atoms with Crippen LogP contribution in [-0.2, 0) is 9.84 Å². The smallest absolute Gasteiger partial charge is 0.153 e. The van der Waals surface area contributed by atoms with Gasteiger partial charge in [-0.2, -0.15) is 0 Å². The van der Waals surface area contributed by atoms with Gasteiger partial charge in [0.25, 0.3) is 0 Å². The van der Waals surface area contributed by atoms with Crippen molar-refractivity contribution >= 4 is 9.84 Å². The molecule has 1 rings (SSSR count).